The molecule has 112 valence electrons. The van der Waals surface area contributed by atoms with Crippen molar-refractivity contribution in [2.24, 2.45) is 23.7 Å². The van der Waals surface area contributed by atoms with E-state index in [2.05, 4.69) is 12.2 Å². The van der Waals surface area contributed by atoms with Gasteiger partial charge in [0.05, 0.1) is 11.8 Å². The van der Waals surface area contributed by atoms with Crippen LogP contribution in [-0.4, -0.2) is 36.4 Å². The normalized spacial score (nSPS) is 53.9. The monoisotopic (exact) mass is 290 g/mol. The summed E-state index contributed by atoms with van der Waals surface area (Å²) in [5.74, 6) is -1.67. The minimum atomic E-state index is -0.437. The largest absolute Gasteiger partial charge is 0.393 e. The number of hydrogen-bond acceptors (Lipinski definition) is 5. The lowest BCUT2D eigenvalue weighted by Crippen LogP contribution is -2.71. The molecule has 6 rings (SSSR count). The third-order valence-corrected chi connectivity index (χ3v) is 6.33. The van der Waals surface area contributed by atoms with Crippen LogP contribution in [0.4, 0.5) is 0 Å². The molecule has 0 aromatic rings. The summed E-state index contributed by atoms with van der Waals surface area (Å²) >= 11 is 0. The quantitative estimate of drug-likeness (QED) is 0.381. The Morgan fingerprint density at radius 3 is 1.71 bits per heavy atom. The van der Waals surface area contributed by atoms with Crippen LogP contribution in [0.1, 0.15) is 25.7 Å². The molecule has 5 nitrogen and oxygen atoms in total. The molecular formula is C16H18O5. The van der Waals surface area contributed by atoms with Gasteiger partial charge in [-0.3, -0.25) is 9.59 Å². The van der Waals surface area contributed by atoms with E-state index in [0.29, 0.717) is 13.2 Å². The molecule has 3 heterocycles. The number of cyclic esters (lactones) is 2. The third-order valence-electron chi connectivity index (χ3n) is 6.33. The van der Waals surface area contributed by atoms with E-state index in [9.17, 15) is 9.59 Å². The van der Waals surface area contributed by atoms with E-state index in [1.807, 2.05) is 0 Å². The predicted octanol–water partition coefficient (Wildman–Crippen LogP) is 1.22. The van der Waals surface area contributed by atoms with Gasteiger partial charge in [-0.15, -0.1) is 0 Å². The molecule has 0 aromatic carbocycles. The summed E-state index contributed by atoms with van der Waals surface area (Å²) in [4.78, 5) is 24.4. The second-order valence-electron chi connectivity index (χ2n) is 6.91. The maximum Gasteiger partial charge on any atom is 0.318 e. The summed E-state index contributed by atoms with van der Waals surface area (Å²) in [7, 11) is 0. The second kappa shape index (κ2) is 3.76. The molecule has 6 atom stereocenters. The van der Waals surface area contributed by atoms with E-state index in [1.165, 1.54) is 0 Å². The van der Waals surface area contributed by atoms with E-state index in [4.69, 9.17) is 14.2 Å². The van der Waals surface area contributed by atoms with E-state index in [-0.39, 0.29) is 35.6 Å². The lowest BCUT2D eigenvalue weighted by atomic mass is 9.48. The molecule has 0 radical (unpaired) electrons. The molecular weight excluding hydrogens is 272 g/mol. The van der Waals surface area contributed by atoms with Gasteiger partial charge in [0.25, 0.3) is 0 Å². The first kappa shape index (κ1) is 12.4. The minimum absolute atomic E-state index is 0.0907. The van der Waals surface area contributed by atoms with Crippen LogP contribution in [0.2, 0.25) is 0 Å². The first-order valence-corrected chi connectivity index (χ1v) is 7.91. The molecule has 0 unspecified atom stereocenters. The average molecular weight is 290 g/mol. The standard InChI is InChI=1S/C16H18O5/c17-13-11-9-3-4-10(12(11)14(18)21-13)16(6-2-8-20-16)15(9)5-1-7-19-15/h3-4,9-12H,1-2,5-8H2/t9-,10-,11-,12+,15+,16-/m1/s1. The Balaban J connectivity index is 1.72. The number of ether oxygens (including phenoxy) is 3. The van der Waals surface area contributed by atoms with Crippen molar-refractivity contribution in [1.82, 2.24) is 0 Å². The molecule has 0 aromatic heterocycles. The Morgan fingerprint density at radius 2 is 1.33 bits per heavy atom. The zero-order valence-corrected chi connectivity index (χ0v) is 11.7. The van der Waals surface area contributed by atoms with Crippen molar-refractivity contribution in [1.29, 1.82) is 0 Å². The molecule has 2 spiro atoms. The fraction of sp³-hybridized carbons (Fsp3) is 0.750. The number of hydrogen-bond donors (Lipinski definition) is 0. The zero-order valence-electron chi connectivity index (χ0n) is 11.7. The average Bonchev–Trinajstić information content (AvgIpc) is 3.18. The molecule has 6 aliphatic rings. The number of esters is 2. The van der Waals surface area contributed by atoms with Crippen molar-refractivity contribution < 1.29 is 23.8 Å². The topological polar surface area (TPSA) is 61.8 Å². The molecule has 3 aliphatic carbocycles. The zero-order chi connectivity index (χ0) is 14.2. The molecule has 3 saturated heterocycles. The highest BCUT2D eigenvalue weighted by atomic mass is 16.6. The van der Waals surface area contributed by atoms with Gasteiger partial charge >= 0.3 is 11.9 Å². The maximum absolute atomic E-state index is 12.2. The number of carbonyl (C=O) groups is 2. The van der Waals surface area contributed by atoms with Crippen LogP contribution in [0.3, 0.4) is 0 Å². The second-order valence-corrected chi connectivity index (χ2v) is 6.91. The Morgan fingerprint density at radius 1 is 0.857 bits per heavy atom. The van der Waals surface area contributed by atoms with Gasteiger partial charge in [0.15, 0.2) is 0 Å². The van der Waals surface area contributed by atoms with Crippen molar-refractivity contribution in [2.45, 2.75) is 36.9 Å². The van der Waals surface area contributed by atoms with Gasteiger partial charge in [-0.05, 0) is 25.7 Å². The Hall–Kier alpha value is -1.20. The summed E-state index contributed by atoms with van der Waals surface area (Å²) in [5, 5.41) is 0. The van der Waals surface area contributed by atoms with Crippen molar-refractivity contribution in [3.8, 4) is 0 Å². The van der Waals surface area contributed by atoms with Gasteiger partial charge in [0.2, 0.25) is 0 Å². The van der Waals surface area contributed by atoms with Crippen LogP contribution in [0.15, 0.2) is 12.2 Å². The van der Waals surface area contributed by atoms with Crippen LogP contribution >= 0.6 is 0 Å². The fourth-order valence-corrected chi connectivity index (χ4v) is 5.72. The van der Waals surface area contributed by atoms with Gasteiger partial charge < -0.3 is 14.2 Å². The Kier molecular flexibility index (Phi) is 2.21. The first-order chi connectivity index (χ1) is 10.2. The number of carbonyl (C=O) groups excluding carboxylic acids is 2. The summed E-state index contributed by atoms with van der Waals surface area (Å²) < 4.78 is 17.5. The molecule has 0 N–H and O–H groups in total. The fourth-order valence-electron chi connectivity index (χ4n) is 5.72. The van der Waals surface area contributed by atoms with Crippen LogP contribution in [-0.2, 0) is 23.8 Å². The summed E-state index contributed by atoms with van der Waals surface area (Å²) in [6.45, 7) is 1.42. The maximum atomic E-state index is 12.2. The lowest BCUT2D eigenvalue weighted by Gasteiger charge is -2.60. The molecule has 4 fully saturated rings. The third kappa shape index (κ3) is 1.19. The molecule has 1 saturated carbocycles. The number of rotatable bonds is 0. The molecule has 0 amide bonds. The lowest BCUT2D eigenvalue weighted by molar-refractivity contribution is -0.247. The Labute approximate surface area is 122 Å². The SMILES string of the molecule is O=C1OC(=O)[C@H]2[C@@H]1[C@H]1C=C[C@H]2[C@@]2(CCCO2)[C@@]12CCCO2. The first-order valence-electron chi connectivity index (χ1n) is 7.91. The van der Waals surface area contributed by atoms with Gasteiger partial charge in [0.1, 0.15) is 11.2 Å². The highest BCUT2D eigenvalue weighted by Crippen LogP contribution is 2.65. The molecule has 2 bridgehead atoms. The van der Waals surface area contributed by atoms with Crippen LogP contribution in [0.5, 0.6) is 0 Å². The molecule has 5 heteroatoms. The van der Waals surface area contributed by atoms with E-state index in [0.717, 1.165) is 25.7 Å². The van der Waals surface area contributed by atoms with Gasteiger partial charge in [0, 0.05) is 25.0 Å². The van der Waals surface area contributed by atoms with Gasteiger partial charge in [-0.25, -0.2) is 0 Å². The van der Waals surface area contributed by atoms with Crippen LogP contribution < -0.4 is 0 Å². The van der Waals surface area contributed by atoms with Crippen LogP contribution in [0, 0.1) is 23.7 Å². The van der Waals surface area contributed by atoms with E-state index >= 15 is 0 Å². The highest BCUT2D eigenvalue weighted by molar-refractivity contribution is 5.98. The van der Waals surface area contributed by atoms with Gasteiger partial charge in [-0.2, -0.15) is 0 Å². The summed E-state index contributed by atoms with van der Waals surface area (Å²) in [5.41, 5.74) is -0.874. The van der Waals surface area contributed by atoms with Crippen molar-refractivity contribution in [3.63, 3.8) is 0 Å². The predicted molar refractivity (Wildman–Crippen MR) is 70.0 cm³/mol. The van der Waals surface area contributed by atoms with Crippen molar-refractivity contribution >= 4 is 11.9 Å². The van der Waals surface area contributed by atoms with Crippen molar-refractivity contribution in [2.75, 3.05) is 13.2 Å². The van der Waals surface area contributed by atoms with E-state index < -0.39 is 11.2 Å². The summed E-state index contributed by atoms with van der Waals surface area (Å²) in [6.07, 6.45) is 7.96. The molecule has 3 aliphatic heterocycles. The Bertz CT molecular complexity index is 505. The smallest absolute Gasteiger partial charge is 0.318 e. The van der Waals surface area contributed by atoms with E-state index in [1.54, 1.807) is 0 Å². The molecule has 21 heavy (non-hydrogen) atoms. The van der Waals surface area contributed by atoms with Crippen LogP contribution in [0.25, 0.3) is 0 Å². The summed E-state index contributed by atoms with van der Waals surface area (Å²) in [6, 6.07) is 0. The highest BCUT2D eigenvalue weighted by Gasteiger charge is 2.75. The minimum Gasteiger partial charge on any atom is -0.393 e. The van der Waals surface area contributed by atoms with Crippen molar-refractivity contribution in [3.05, 3.63) is 12.2 Å². The van der Waals surface area contributed by atoms with Gasteiger partial charge in [-0.1, -0.05) is 12.2 Å².